The molecule has 0 aliphatic heterocycles. The summed E-state index contributed by atoms with van der Waals surface area (Å²) in [7, 11) is 4.01. The van der Waals surface area contributed by atoms with Gasteiger partial charge < -0.3 is 13.9 Å². The number of alkyl halides is 3. The predicted octanol–water partition coefficient (Wildman–Crippen LogP) is 7.32. The van der Waals surface area contributed by atoms with Crippen LogP contribution in [0.5, 0.6) is 0 Å². The van der Waals surface area contributed by atoms with Crippen molar-refractivity contribution in [3.05, 3.63) is 111 Å². The van der Waals surface area contributed by atoms with Gasteiger partial charge in [0.05, 0.1) is 22.7 Å². The van der Waals surface area contributed by atoms with Gasteiger partial charge in [-0.3, -0.25) is 9.69 Å². The molecular formula is C33H34F3N3O2. The Morgan fingerprint density at radius 1 is 0.902 bits per heavy atom. The van der Waals surface area contributed by atoms with Gasteiger partial charge in [-0.1, -0.05) is 24.3 Å². The van der Waals surface area contributed by atoms with E-state index in [1.54, 1.807) is 12.3 Å². The molecule has 5 nitrogen and oxygen atoms in total. The average molecular weight is 562 g/mol. The fraction of sp³-hybridized carbons (Fsp3) is 0.303. The lowest BCUT2D eigenvalue weighted by atomic mass is 10.1. The van der Waals surface area contributed by atoms with Crippen molar-refractivity contribution in [2.24, 2.45) is 0 Å². The van der Waals surface area contributed by atoms with Crippen molar-refractivity contribution in [1.82, 2.24) is 14.4 Å². The Bertz CT molecular complexity index is 1770. The maximum atomic E-state index is 13.4. The number of para-hydroxylation sites is 1. The number of hydrogen-bond donors (Lipinski definition) is 0. The second-order valence-corrected chi connectivity index (χ2v) is 11.1. The van der Waals surface area contributed by atoms with E-state index in [2.05, 4.69) is 16.7 Å². The molecule has 0 N–H and O–H groups in total. The third kappa shape index (κ3) is 5.94. The first-order valence-corrected chi connectivity index (χ1v) is 13.6. The highest BCUT2D eigenvalue weighted by Crippen LogP contribution is 2.32. The van der Waals surface area contributed by atoms with Crippen LogP contribution < -0.4 is 5.43 Å². The molecule has 5 aromatic rings. The number of aromatic nitrogens is 1. The summed E-state index contributed by atoms with van der Waals surface area (Å²) in [6, 6.07) is 17.1. The minimum atomic E-state index is -4.41. The molecule has 214 valence electrons. The van der Waals surface area contributed by atoms with E-state index in [4.69, 9.17) is 4.42 Å². The summed E-state index contributed by atoms with van der Waals surface area (Å²) in [5, 5.41) is 1.60. The topological polar surface area (TPSA) is 41.6 Å². The zero-order chi connectivity index (χ0) is 29.5. The van der Waals surface area contributed by atoms with E-state index >= 15 is 0 Å². The van der Waals surface area contributed by atoms with E-state index < -0.39 is 11.7 Å². The van der Waals surface area contributed by atoms with Gasteiger partial charge in [0.15, 0.2) is 5.43 Å². The molecule has 2 heterocycles. The second-order valence-electron chi connectivity index (χ2n) is 11.1. The van der Waals surface area contributed by atoms with Crippen LogP contribution in [-0.4, -0.2) is 41.0 Å². The molecule has 41 heavy (non-hydrogen) atoms. The first kappa shape index (κ1) is 28.6. The van der Waals surface area contributed by atoms with Crippen molar-refractivity contribution in [2.75, 3.05) is 20.6 Å². The molecule has 1 unspecified atom stereocenters. The van der Waals surface area contributed by atoms with Gasteiger partial charge in [-0.2, -0.15) is 13.2 Å². The van der Waals surface area contributed by atoms with Crippen LogP contribution in [0.4, 0.5) is 13.2 Å². The highest BCUT2D eigenvalue weighted by Gasteiger charge is 2.30. The lowest BCUT2D eigenvalue weighted by Gasteiger charge is -2.28. The quantitative estimate of drug-likeness (QED) is 0.199. The fourth-order valence-electron chi connectivity index (χ4n) is 5.33. The SMILES string of the molecule is Cc1cc2occ(CN(C)CC(C)N(C)Cc3cn(-c4cccc(C(F)(F)F)c4)c4ccccc34)c(=O)c2cc1C. The van der Waals surface area contributed by atoms with Crippen LogP contribution in [0.1, 0.15) is 34.7 Å². The van der Waals surface area contributed by atoms with Crippen LogP contribution in [0.25, 0.3) is 27.6 Å². The van der Waals surface area contributed by atoms with Crippen LogP contribution in [0.3, 0.4) is 0 Å². The number of aryl methyl sites for hydroxylation is 2. The maximum absolute atomic E-state index is 13.4. The Kier molecular flexibility index (Phi) is 7.81. The summed E-state index contributed by atoms with van der Waals surface area (Å²) < 4.78 is 47.8. The summed E-state index contributed by atoms with van der Waals surface area (Å²) in [5.41, 5.74) is 5.02. The van der Waals surface area contributed by atoms with Gasteiger partial charge in [-0.05, 0) is 88.0 Å². The molecule has 0 saturated heterocycles. The van der Waals surface area contributed by atoms with Gasteiger partial charge in [0.25, 0.3) is 0 Å². The number of benzene rings is 3. The number of hydrogen-bond acceptors (Lipinski definition) is 4. The zero-order valence-electron chi connectivity index (χ0n) is 23.9. The minimum Gasteiger partial charge on any atom is -0.464 e. The Balaban J connectivity index is 1.32. The average Bonchev–Trinajstić information content (AvgIpc) is 3.29. The van der Waals surface area contributed by atoms with E-state index in [-0.39, 0.29) is 11.5 Å². The Morgan fingerprint density at radius 3 is 2.39 bits per heavy atom. The lowest BCUT2D eigenvalue weighted by molar-refractivity contribution is -0.137. The monoisotopic (exact) mass is 561 g/mol. The van der Waals surface area contributed by atoms with Gasteiger partial charge in [0, 0.05) is 48.5 Å². The number of nitrogens with zero attached hydrogens (tertiary/aromatic N) is 3. The second kappa shape index (κ2) is 11.2. The molecule has 2 aromatic heterocycles. The Labute approximate surface area is 237 Å². The molecule has 0 radical (unpaired) electrons. The summed E-state index contributed by atoms with van der Waals surface area (Å²) >= 11 is 0. The van der Waals surface area contributed by atoms with Gasteiger partial charge in [-0.25, -0.2) is 0 Å². The molecule has 8 heteroatoms. The van der Waals surface area contributed by atoms with Crippen molar-refractivity contribution >= 4 is 21.9 Å². The minimum absolute atomic E-state index is 0.00962. The van der Waals surface area contributed by atoms with Crippen LogP contribution in [0, 0.1) is 13.8 Å². The zero-order valence-corrected chi connectivity index (χ0v) is 23.9. The van der Waals surface area contributed by atoms with Crippen molar-refractivity contribution in [2.45, 2.75) is 46.1 Å². The van der Waals surface area contributed by atoms with Crippen LogP contribution in [-0.2, 0) is 19.3 Å². The normalized spacial score (nSPS) is 13.1. The van der Waals surface area contributed by atoms with Gasteiger partial charge in [0.1, 0.15) is 5.58 Å². The molecule has 3 aromatic carbocycles. The molecule has 0 saturated carbocycles. The van der Waals surface area contributed by atoms with E-state index in [0.29, 0.717) is 41.9 Å². The summed E-state index contributed by atoms with van der Waals surface area (Å²) in [6.07, 6.45) is -0.917. The molecule has 0 aliphatic carbocycles. The molecular weight excluding hydrogens is 527 g/mol. The van der Waals surface area contributed by atoms with E-state index in [1.807, 2.05) is 75.1 Å². The van der Waals surface area contributed by atoms with E-state index in [0.717, 1.165) is 33.7 Å². The molecule has 0 fully saturated rings. The van der Waals surface area contributed by atoms with Crippen molar-refractivity contribution in [1.29, 1.82) is 0 Å². The molecule has 0 aliphatic rings. The van der Waals surface area contributed by atoms with Crippen LogP contribution in [0.15, 0.2) is 82.3 Å². The summed E-state index contributed by atoms with van der Waals surface area (Å²) in [5.74, 6) is 0. The smallest absolute Gasteiger partial charge is 0.416 e. The molecule has 0 bridgehead atoms. The van der Waals surface area contributed by atoms with Crippen molar-refractivity contribution < 1.29 is 17.6 Å². The third-order valence-electron chi connectivity index (χ3n) is 7.89. The van der Waals surface area contributed by atoms with Gasteiger partial charge >= 0.3 is 6.18 Å². The highest BCUT2D eigenvalue weighted by atomic mass is 19.4. The maximum Gasteiger partial charge on any atom is 0.416 e. The first-order valence-electron chi connectivity index (χ1n) is 13.6. The largest absolute Gasteiger partial charge is 0.464 e. The van der Waals surface area contributed by atoms with Crippen LogP contribution >= 0.6 is 0 Å². The Hall–Kier alpha value is -3.88. The predicted molar refractivity (Wildman–Crippen MR) is 157 cm³/mol. The molecule has 1 atom stereocenters. The van der Waals surface area contributed by atoms with E-state index in [9.17, 15) is 18.0 Å². The highest BCUT2D eigenvalue weighted by molar-refractivity contribution is 5.85. The standard InChI is InChI=1S/C33H34F3N3O2/c1-21-13-29-31(14-22(21)2)41-20-25(32(29)40)17-37(4)16-23(3)38(5)18-24-19-39(30-12-7-6-11-28(24)30)27-10-8-9-26(15-27)33(34,35)36/h6-15,19-20,23H,16-18H2,1-5H3. The molecule has 0 spiro atoms. The summed E-state index contributed by atoms with van der Waals surface area (Å²) in [6.45, 7) is 7.88. The third-order valence-corrected chi connectivity index (χ3v) is 7.89. The van der Waals surface area contributed by atoms with E-state index in [1.165, 1.54) is 12.1 Å². The number of halogens is 3. The number of likely N-dealkylation sites (N-methyl/N-ethyl adjacent to an activating group) is 2. The molecule has 5 rings (SSSR count). The lowest BCUT2D eigenvalue weighted by Crippen LogP contribution is -2.38. The van der Waals surface area contributed by atoms with Crippen LogP contribution in [0.2, 0.25) is 0 Å². The van der Waals surface area contributed by atoms with Crippen molar-refractivity contribution in [3.63, 3.8) is 0 Å². The summed E-state index contributed by atoms with van der Waals surface area (Å²) in [4.78, 5) is 17.5. The molecule has 0 amide bonds. The van der Waals surface area contributed by atoms with Crippen molar-refractivity contribution in [3.8, 4) is 5.69 Å². The Morgan fingerprint density at radius 2 is 1.63 bits per heavy atom. The first-order chi connectivity index (χ1) is 19.4. The number of rotatable bonds is 8. The van der Waals surface area contributed by atoms with Gasteiger partial charge in [0.2, 0.25) is 0 Å². The fourth-order valence-corrected chi connectivity index (χ4v) is 5.33. The number of fused-ring (bicyclic) bond motifs is 2. The van der Waals surface area contributed by atoms with Gasteiger partial charge in [-0.15, -0.1) is 0 Å².